The minimum atomic E-state index is -0.856. The topological polar surface area (TPSA) is 80.0 Å². The number of carbonyl (C=O) groups excluding carboxylic acids is 1. The summed E-state index contributed by atoms with van der Waals surface area (Å²) in [6.45, 7) is 0. The molecule has 4 N–H and O–H groups in total. The fourth-order valence-corrected chi connectivity index (χ4v) is 1.35. The van der Waals surface area contributed by atoms with Crippen LogP contribution in [0.2, 0.25) is 0 Å². The molecule has 0 aliphatic heterocycles. The Balaban J connectivity index is 2.03. The van der Waals surface area contributed by atoms with E-state index in [9.17, 15) is 13.6 Å². The van der Waals surface area contributed by atoms with E-state index in [4.69, 9.17) is 5.73 Å². The smallest absolute Gasteiger partial charge is 0.323 e. The van der Waals surface area contributed by atoms with Crippen molar-refractivity contribution in [1.82, 2.24) is 4.98 Å². The summed E-state index contributed by atoms with van der Waals surface area (Å²) >= 11 is 0. The molecule has 2 rings (SSSR count). The molecule has 1 heterocycles. The molecule has 0 bridgehead atoms. The first-order valence-electron chi connectivity index (χ1n) is 5.29. The maximum absolute atomic E-state index is 13.3. The summed E-state index contributed by atoms with van der Waals surface area (Å²) in [7, 11) is 0. The molecule has 2 aromatic rings. The summed E-state index contributed by atoms with van der Waals surface area (Å²) in [6.07, 6.45) is 1.36. The van der Waals surface area contributed by atoms with Gasteiger partial charge in [0.25, 0.3) is 0 Å². The number of anilines is 3. The van der Waals surface area contributed by atoms with Gasteiger partial charge in [0.2, 0.25) is 0 Å². The number of aromatic nitrogens is 1. The molecule has 0 unspecified atom stereocenters. The standard InChI is InChI=1S/C12H10F2N4O/c13-7-1-3-10(9(14)5-7)18-12(19)17-8-2-4-11(15)16-6-8/h1-6H,(H2,15,16)(H2,17,18,19). The van der Waals surface area contributed by atoms with Crippen molar-refractivity contribution in [3.63, 3.8) is 0 Å². The average molecular weight is 264 g/mol. The predicted molar refractivity (Wildman–Crippen MR) is 67.6 cm³/mol. The molecule has 19 heavy (non-hydrogen) atoms. The number of rotatable bonds is 2. The first-order chi connectivity index (χ1) is 9.04. The Hall–Kier alpha value is -2.70. The van der Waals surface area contributed by atoms with E-state index in [0.29, 0.717) is 17.6 Å². The lowest BCUT2D eigenvalue weighted by atomic mass is 10.3. The summed E-state index contributed by atoms with van der Waals surface area (Å²) in [6, 6.07) is 5.24. The number of pyridine rings is 1. The molecule has 7 heteroatoms. The van der Waals surface area contributed by atoms with E-state index in [0.717, 1.165) is 12.1 Å². The molecule has 1 aromatic carbocycles. The van der Waals surface area contributed by atoms with Gasteiger partial charge in [-0.05, 0) is 24.3 Å². The second-order valence-electron chi connectivity index (χ2n) is 3.68. The number of nitrogen functional groups attached to an aromatic ring is 1. The van der Waals surface area contributed by atoms with Crippen LogP contribution in [0.25, 0.3) is 0 Å². The lowest BCUT2D eigenvalue weighted by molar-refractivity contribution is 0.262. The molecule has 2 amide bonds. The second-order valence-corrected chi connectivity index (χ2v) is 3.68. The molecular weight excluding hydrogens is 254 g/mol. The van der Waals surface area contributed by atoms with Crippen molar-refractivity contribution in [3.8, 4) is 0 Å². The molecule has 0 spiro atoms. The highest BCUT2D eigenvalue weighted by atomic mass is 19.1. The highest BCUT2D eigenvalue weighted by Gasteiger charge is 2.08. The average Bonchev–Trinajstić information content (AvgIpc) is 2.36. The largest absolute Gasteiger partial charge is 0.384 e. The number of amides is 2. The van der Waals surface area contributed by atoms with Crippen LogP contribution >= 0.6 is 0 Å². The maximum Gasteiger partial charge on any atom is 0.323 e. The molecule has 0 fully saturated rings. The Bertz CT molecular complexity index is 601. The van der Waals surface area contributed by atoms with Crippen LogP contribution in [0.4, 0.5) is 30.8 Å². The van der Waals surface area contributed by atoms with Gasteiger partial charge in [-0.25, -0.2) is 18.6 Å². The molecule has 1 aromatic heterocycles. The zero-order valence-electron chi connectivity index (χ0n) is 9.65. The number of urea groups is 1. The molecular formula is C12H10F2N4O. The third-order valence-electron chi connectivity index (χ3n) is 2.22. The molecule has 0 saturated carbocycles. The molecule has 0 radical (unpaired) electrons. The van der Waals surface area contributed by atoms with Crippen LogP contribution in [-0.2, 0) is 0 Å². The minimum Gasteiger partial charge on any atom is -0.384 e. The molecule has 0 aliphatic rings. The molecule has 0 aliphatic carbocycles. The van der Waals surface area contributed by atoms with Crippen molar-refractivity contribution in [2.75, 3.05) is 16.4 Å². The van der Waals surface area contributed by atoms with Crippen LogP contribution in [0.3, 0.4) is 0 Å². The van der Waals surface area contributed by atoms with Gasteiger partial charge in [-0.3, -0.25) is 0 Å². The molecule has 0 atom stereocenters. The highest BCUT2D eigenvalue weighted by molar-refractivity contribution is 5.99. The fraction of sp³-hybridized carbons (Fsp3) is 0. The Labute approximate surface area is 107 Å². The van der Waals surface area contributed by atoms with Gasteiger partial charge in [0, 0.05) is 6.07 Å². The van der Waals surface area contributed by atoms with Crippen LogP contribution in [0.1, 0.15) is 0 Å². The van der Waals surface area contributed by atoms with E-state index in [1.54, 1.807) is 6.07 Å². The first-order valence-corrected chi connectivity index (χ1v) is 5.29. The van der Waals surface area contributed by atoms with Gasteiger partial charge in [-0.1, -0.05) is 0 Å². The van der Waals surface area contributed by atoms with Gasteiger partial charge in [0.15, 0.2) is 0 Å². The Morgan fingerprint density at radius 1 is 1.16 bits per heavy atom. The van der Waals surface area contributed by atoms with Gasteiger partial charge < -0.3 is 16.4 Å². The first kappa shape index (κ1) is 12.7. The van der Waals surface area contributed by atoms with E-state index >= 15 is 0 Å². The van der Waals surface area contributed by atoms with E-state index in [2.05, 4.69) is 15.6 Å². The van der Waals surface area contributed by atoms with Gasteiger partial charge in [0.05, 0.1) is 17.6 Å². The number of hydrogen-bond acceptors (Lipinski definition) is 3. The summed E-state index contributed by atoms with van der Waals surface area (Å²) in [4.78, 5) is 15.3. The van der Waals surface area contributed by atoms with Gasteiger partial charge in [-0.2, -0.15) is 0 Å². The van der Waals surface area contributed by atoms with Crippen molar-refractivity contribution in [2.24, 2.45) is 0 Å². The number of nitrogens with zero attached hydrogens (tertiary/aromatic N) is 1. The molecule has 5 nitrogen and oxygen atoms in total. The van der Waals surface area contributed by atoms with Crippen LogP contribution in [-0.4, -0.2) is 11.0 Å². The van der Waals surface area contributed by atoms with Gasteiger partial charge >= 0.3 is 6.03 Å². The maximum atomic E-state index is 13.3. The zero-order chi connectivity index (χ0) is 13.8. The predicted octanol–water partition coefficient (Wildman–Crippen LogP) is 2.59. The Morgan fingerprint density at radius 3 is 2.58 bits per heavy atom. The fourth-order valence-electron chi connectivity index (χ4n) is 1.35. The van der Waals surface area contributed by atoms with E-state index in [-0.39, 0.29) is 5.69 Å². The van der Waals surface area contributed by atoms with Crippen molar-refractivity contribution < 1.29 is 13.6 Å². The van der Waals surface area contributed by atoms with Gasteiger partial charge in [-0.15, -0.1) is 0 Å². The summed E-state index contributed by atoms with van der Waals surface area (Å²) in [5, 5.41) is 4.68. The van der Waals surface area contributed by atoms with Crippen LogP contribution in [0, 0.1) is 11.6 Å². The summed E-state index contributed by atoms with van der Waals surface area (Å²) in [5.41, 5.74) is 5.67. The lowest BCUT2D eigenvalue weighted by Gasteiger charge is -2.08. The van der Waals surface area contributed by atoms with Crippen molar-refractivity contribution >= 4 is 23.2 Å². The van der Waals surface area contributed by atoms with E-state index in [1.807, 2.05) is 0 Å². The van der Waals surface area contributed by atoms with Crippen molar-refractivity contribution in [3.05, 3.63) is 48.2 Å². The lowest BCUT2D eigenvalue weighted by Crippen LogP contribution is -2.20. The summed E-state index contributed by atoms with van der Waals surface area (Å²) in [5.74, 6) is -1.26. The molecule has 0 saturated heterocycles. The van der Waals surface area contributed by atoms with E-state index in [1.165, 1.54) is 12.3 Å². The minimum absolute atomic E-state index is 0.123. The van der Waals surface area contributed by atoms with Crippen molar-refractivity contribution in [1.29, 1.82) is 0 Å². The third kappa shape index (κ3) is 3.38. The zero-order valence-corrected chi connectivity index (χ0v) is 9.65. The van der Waals surface area contributed by atoms with Crippen LogP contribution in [0.15, 0.2) is 36.5 Å². The number of nitrogens with two attached hydrogens (primary N) is 1. The highest BCUT2D eigenvalue weighted by Crippen LogP contribution is 2.15. The summed E-state index contributed by atoms with van der Waals surface area (Å²) < 4.78 is 26.0. The number of halogens is 2. The quantitative estimate of drug-likeness (QED) is 0.779. The Kier molecular flexibility index (Phi) is 3.56. The molecule has 98 valence electrons. The van der Waals surface area contributed by atoms with E-state index < -0.39 is 17.7 Å². The second kappa shape index (κ2) is 5.30. The van der Waals surface area contributed by atoms with Crippen LogP contribution < -0.4 is 16.4 Å². The van der Waals surface area contributed by atoms with Crippen LogP contribution in [0.5, 0.6) is 0 Å². The van der Waals surface area contributed by atoms with Crippen molar-refractivity contribution in [2.45, 2.75) is 0 Å². The number of carbonyl (C=O) groups is 1. The number of hydrogen-bond donors (Lipinski definition) is 3. The number of benzene rings is 1. The monoisotopic (exact) mass is 264 g/mol. The number of nitrogens with one attached hydrogen (secondary N) is 2. The SMILES string of the molecule is Nc1ccc(NC(=O)Nc2ccc(F)cc2F)cn1. The Morgan fingerprint density at radius 2 is 1.95 bits per heavy atom. The van der Waals surface area contributed by atoms with Gasteiger partial charge in [0.1, 0.15) is 17.5 Å². The third-order valence-corrected chi connectivity index (χ3v) is 2.22. The normalized spacial score (nSPS) is 10.0.